The Hall–Kier alpha value is -1.59. The Bertz CT molecular complexity index is 624. The molecule has 0 spiro atoms. The van der Waals surface area contributed by atoms with Gasteiger partial charge in [0, 0.05) is 6.20 Å². The van der Waals surface area contributed by atoms with Gasteiger partial charge < -0.3 is 14.8 Å². The van der Waals surface area contributed by atoms with Crippen molar-refractivity contribution in [3.63, 3.8) is 0 Å². The number of carbonyl (C=O) groups excluding carboxylic acids is 1. The summed E-state index contributed by atoms with van der Waals surface area (Å²) >= 11 is 5.98. The zero-order chi connectivity index (χ0) is 14.7. The van der Waals surface area contributed by atoms with Crippen LogP contribution in [-0.4, -0.2) is 28.9 Å². The van der Waals surface area contributed by atoms with Gasteiger partial charge in [0.05, 0.1) is 24.6 Å². The van der Waals surface area contributed by atoms with E-state index in [-0.39, 0.29) is 5.69 Å². The van der Waals surface area contributed by atoms with Crippen LogP contribution in [0.15, 0.2) is 18.3 Å². The number of pyridine rings is 1. The van der Waals surface area contributed by atoms with Crippen LogP contribution in [0.3, 0.4) is 0 Å². The molecule has 0 aromatic carbocycles. The van der Waals surface area contributed by atoms with E-state index in [2.05, 4.69) is 11.9 Å². The zero-order valence-corrected chi connectivity index (χ0v) is 12.4. The van der Waals surface area contributed by atoms with Gasteiger partial charge in [-0.3, -0.25) is 4.40 Å². The SMILES string of the molecule is CCCC[NH+](C)Cc1c(C(=O)[O-])nc2ccc(Cl)cn12. The maximum absolute atomic E-state index is 11.2. The van der Waals surface area contributed by atoms with Gasteiger partial charge in [-0.2, -0.15) is 0 Å². The van der Waals surface area contributed by atoms with Gasteiger partial charge in [-0.15, -0.1) is 0 Å². The van der Waals surface area contributed by atoms with E-state index in [1.165, 1.54) is 4.90 Å². The highest BCUT2D eigenvalue weighted by Gasteiger charge is 2.17. The molecule has 2 rings (SSSR count). The van der Waals surface area contributed by atoms with Crippen LogP contribution in [0.5, 0.6) is 0 Å². The first-order valence-electron chi connectivity index (χ1n) is 6.72. The molecule has 0 amide bonds. The molecule has 0 aliphatic rings. The number of hydrogen-bond acceptors (Lipinski definition) is 3. The van der Waals surface area contributed by atoms with Gasteiger partial charge in [0.15, 0.2) is 0 Å². The minimum Gasteiger partial charge on any atom is -0.543 e. The van der Waals surface area contributed by atoms with Gasteiger partial charge in [0.1, 0.15) is 23.6 Å². The molecule has 5 nitrogen and oxygen atoms in total. The van der Waals surface area contributed by atoms with E-state index in [0.29, 0.717) is 22.9 Å². The molecule has 1 unspecified atom stereocenters. The maximum atomic E-state index is 11.2. The standard InChI is InChI=1S/C14H18ClN3O2/c1-3-4-7-17(2)9-11-13(14(19)20)16-12-6-5-10(15)8-18(11)12/h5-6,8H,3-4,7,9H2,1-2H3,(H,19,20). The Kier molecular flexibility index (Phi) is 4.62. The molecule has 0 aliphatic heterocycles. The Morgan fingerprint density at radius 1 is 1.50 bits per heavy atom. The van der Waals surface area contributed by atoms with Crippen LogP contribution in [-0.2, 0) is 6.54 Å². The first-order chi connectivity index (χ1) is 9.52. The number of nitrogens with zero attached hydrogens (tertiary/aromatic N) is 2. The highest BCUT2D eigenvalue weighted by atomic mass is 35.5. The van der Waals surface area contributed by atoms with Crippen molar-refractivity contribution in [3.05, 3.63) is 34.7 Å². The van der Waals surface area contributed by atoms with Crippen molar-refractivity contribution in [3.8, 4) is 0 Å². The van der Waals surface area contributed by atoms with Crippen molar-refractivity contribution >= 4 is 23.2 Å². The average molecular weight is 296 g/mol. The van der Waals surface area contributed by atoms with Gasteiger partial charge in [0.25, 0.3) is 0 Å². The van der Waals surface area contributed by atoms with E-state index in [9.17, 15) is 9.90 Å². The smallest absolute Gasteiger partial charge is 0.137 e. The molecule has 108 valence electrons. The van der Waals surface area contributed by atoms with E-state index < -0.39 is 5.97 Å². The number of fused-ring (bicyclic) bond motifs is 1. The van der Waals surface area contributed by atoms with Crippen LogP contribution in [0.2, 0.25) is 5.02 Å². The predicted molar refractivity (Wildman–Crippen MR) is 74.9 cm³/mol. The topological polar surface area (TPSA) is 61.9 Å². The summed E-state index contributed by atoms with van der Waals surface area (Å²) < 4.78 is 1.74. The molecule has 0 saturated heterocycles. The second-order valence-corrected chi connectivity index (χ2v) is 5.44. The van der Waals surface area contributed by atoms with Gasteiger partial charge in [-0.05, 0) is 18.6 Å². The summed E-state index contributed by atoms with van der Waals surface area (Å²) in [5.41, 5.74) is 1.21. The van der Waals surface area contributed by atoms with Crippen LogP contribution >= 0.6 is 11.6 Å². The molecular formula is C14H18ClN3O2. The van der Waals surface area contributed by atoms with Crippen LogP contribution in [0.25, 0.3) is 5.65 Å². The fourth-order valence-corrected chi connectivity index (χ4v) is 2.41. The van der Waals surface area contributed by atoms with E-state index in [1.54, 1.807) is 22.7 Å². The highest BCUT2D eigenvalue weighted by molar-refractivity contribution is 6.30. The molecule has 0 aliphatic carbocycles. The number of halogens is 1. The minimum absolute atomic E-state index is 0.00288. The van der Waals surface area contributed by atoms with Crippen molar-refractivity contribution in [1.29, 1.82) is 0 Å². The zero-order valence-electron chi connectivity index (χ0n) is 11.6. The van der Waals surface area contributed by atoms with Crippen molar-refractivity contribution in [2.75, 3.05) is 13.6 Å². The number of aromatic nitrogens is 2. The second kappa shape index (κ2) is 6.24. The van der Waals surface area contributed by atoms with E-state index >= 15 is 0 Å². The van der Waals surface area contributed by atoms with E-state index in [1.807, 2.05) is 7.05 Å². The summed E-state index contributed by atoms with van der Waals surface area (Å²) in [5.74, 6) is -1.25. The van der Waals surface area contributed by atoms with Gasteiger partial charge in [-0.25, -0.2) is 4.98 Å². The van der Waals surface area contributed by atoms with Crippen molar-refractivity contribution < 1.29 is 14.8 Å². The quantitative estimate of drug-likeness (QED) is 0.826. The molecule has 2 aromatic heterocycles. The minimum atomic E-state index is -1.25. The number of quaternary nitrogens is 1. The van der Waals surface area contributed by atoms with Crippen molar-refractivity contribution in [2.24, 2.45) is 0 Å². The highest BCUT2D eigenvalue weighted by Crippen LogP contribution is 2.16. The monoisotopic (exact) mass is 295 g/mol. The fraction of sp³-hybridized carbons (Fsp3) is 0.429. The van der Waals surface area contributed by atoms with Crippen molar-refractivity contribution in [1.82, 2.24) is 9.38 Å². The number of aromatic carboxylic acids is 1. The lowest BCUT2D eigenvalue weighted by Gasteiger charge is -2.14. The van der Waals surface area contributed by atoms with Crippen LogP contribution in [0.1, 0.15) is 35.9 Å². The summed E-state index contributed by atoms with van der Waals surface area (Å²) in [7, 11) is 2.04. The molecular weight excluding hydrogens is 278 g/mol. The first kappa shape index (κ1) is 14.8. The Morgan fingerprint density at radius 3 is 2.90 bits per heavy atom. The summed E-state index contributed by atoms with van der Waals surface area (Å²) in [6.07, 6.45) is 3.91. The second-order valence-electron chi connectivity index (χ2n) is 5.01. The van der Waals surface area contributed by atoms with Crippen LogP contribution in [0.4, 0.5) is 0 Å². The lowest BCUT2D eigenvalue weighted by atomic mass is 10.2. The van der Waals surface area contributed by atoms with Gasteiger partial charge in [0.2, 0.25) is 0 Å². The number of rotatable bonds is 6. The number of hydrogen-bond donors (Lipinski definition) is 1. The summed E-state index contributed by atoms with van der Waals surface area (Å²) in [5, 5.41) is 11.8. The Labute approximate surface area is 122 Å². The number of imidazole rings is 1. The molecule has 0 bridgehead atoms. The summed E-state index contributed by atoms with van der Waals surface area (Å²) in [4.78, 5) is 16.6. The fourth-order valence-electron chi connectivity index (χ4n) is 2.25. The number of unbranched alkanes of at least 4 members (excludes halogenated alkanes) is 1. The predicted octanol–water partition coefficient (Wildman–Crippen LogP) is 0.166. The summed E-state index contributed by atoms with van der Waals surface area (Å²) in [6.45, 7) is 3.69. The third-order valence-corrected chi connectivity index (χ3v) is 3.52. The first-order valence-corrected chi connectivity index (χ1v) is 7.09. The lowest BCUT2D eigenvalue weighted by molar-refractivity contribution is -0.894. The van der Waals surface area contributed by atoms with Gasteiger partial charge >= 0.3 is 0 Å². The van der Waals surface area contributed by atoms with Crippen LogP contribution in [0, 0.1) is 0 Å². The van der Waals surface area contributed by atoms with Gasteiger partial charge in [-0.1, -0.05) is 24.9 Å². The van der Waals surface area contributed by atoms with E-state index in [4.69, 9.17) is 11.6 Å². The third-order valence-electron chi connectivity index (χ3n) is 3.30. The molecule has 0 fully saturated rings. The van der Waals surface area contributed by atoms with Crippen LogP contribution < -0.4 is 10.0 Å². The number of nitrogens with one attached hydrogen (secondary N) is 1. The molecule has 0 saturated carbocycles. The molecule has 2 aromatic rings. The molecule has 6 heteroatoms. The molecule has 20 heavy (non-hydrogen) atoms. The number of carboxylic acid groups (broad SMARTS) is 1. The molecule has 1 atom stereocenters. The molecule has 2 heterocycles. The lowest BCUT2D eigenvalue weighted by Crippen LogP contribution is -3.07. The maximum Gasteiger partial charge on any atom is 0.137 e. The summed E-state index contributed by atoms with van der Waals surface area (Å²) in [6, 6.07) is 3.40. The number of carboxylic acids is 1. The number of carbonyl (C=O) groups is 1. The Morgan fingerprint density at radius 2 is 2.25 bits per heavy atom. The molecule has 0 radical (unpaired) electrons. The Balaban J connectivity index is 2.40. The third kappa shape index (κ3) is 3.11. The average Bonchev–Trinajstić information content (AvgIpc) is 2.75. The van der Waals surface area contributed by atoms with Crippen molar-refractivity contribution in [2.45, 2.75) is 26.3 Å². The molecule has 1 N–H and O–H groups in total. The van der Waals surface area contributed by atoms with E-state index in [0.717, 1.165) is 19.4 Å². The largest absolute Gasteiger partial charge is 0.543 e. The normalized spacial score (nSPS) is 12.8.